The predicted octanol–water partition coefficient (Wildman–Crippen LogP) is 4.58. The number of hydrogen-bond acceptors (Lipinski definition) is 4. The van der Waals surface area contributed by atoms with Crippen molar-refractivity contribution in [3.05, 3.63) is 48.5 Å². The Morgan fingerprint density at radius 1 is 1.00 bits per heavy atom. The molecule has 2 aliphatic rings. The summed E-state index contributed by atoms with van der Waals surface area (Å²) in [7, 11) is 4.36. The van der Waals surface area contributed by atoms with E-state index in [9.17, 15) is 0 Å². The number of hydrogen-bond donors (Lipinski definition) is 0. The Kier molecular flexibility index (Phi) is 5.00. The molecule has 0 N–H and O–H groups in total. The van der Waals surface area contributed by atoms with E-state index in [1.807, 2.05) is 12.5 Å². The lowest BCUT2D eigenvalue weighted by Crippen LogP contribution is -2.32. The monoisotopic (exact) mass is 389 g/mol. The Balaban J connectivity index is 1.67. The van der Waals surface area contributed by atoms with Crippen molar-refractivity contribution in [3.63, 3.8) is 0 Å². The van der Waals surface area contributed by atoms with Gasteiger partial charge in [0, 0.05) is 30.6 Å². The molecule has 3 heterocycles. The molecule has 1 saturated heterocycles. The van der Waals surface area contributed by atoms with Gasteiger partial charge in [-0.1, -0.05) is 49.6 Å². The molecular formula is C24H31N5. The van der Waals surface area contributed by atoms with E-state index in [1.165, 1.54) is 49.8 Å². The third kappa shape index (κ3) is 3.42. The van der Waals surface area contributed by atoms with Gasteiger partial charge in [0.05, 0.1) is 23.9 Å². The van der Waals surface area contributed by atoms with Crippen LogP contribution in [0.5, 0.6) is 0 Å². The highest BCUT2D eigenvalue weighted by Crippen LogP contribution is 2.40. The van der Waals surface area contributed by atoms with Gasteiger partial charge >= 0.3 is 0 Å². The van der Waals surface area contributed by atoms with Crippen LogP contribution in [0, 0.1) is 0 Å². The number of nitrogens with zero attached hydrogens (tertiary/aromatic N) is 5. The van der Waals surface area contributed by atoms with Gasteiger partial charge in [-0.05, 0) is 33.4 Å². The smallest absolute Gasteiger partial charge is 0.155 e. The standard InChI is InChI=1S/C24H31N5/c1-27(2)20-13-14-28(16-20)24-21-15-25-17-29(21)23(19-11-7-4-8-12-19)22(26-24)18-9-5-3-6-10-18/h3,5-6,9-10,15,17,19-20H,4,7-8,11-14,16H2,1-2H3/t20-/m0/s1. The van der Waals surface area contributed by atoms with Crippen molar-refractivity contribution >= 4 is 11.3 Å². The van der Waals surface area contributed by atoms with E-state index in [2.05, 4.69) is 63.6 Å². The van der Waals surface area contributed by atoms with Gasteiger partial charge in [0.15, 0.2) is 5.82 Å². The van der Waals surface area contributed by atoms with E-state index < -0.39 is 0 Å². The molecule has 1 atom stereocenters. The highest BCUT2D eigenvalue weighted by molar-refractivity contribution is 5.75. The third-order valence-corrected chi connectivity index (χ3v) is 6.82. The van der Waals surface area contributed by atoms with Crippen LogP contribution in [0.3, 0.4) is 0 Å². The van der Waals surface area contributed by atoms with Crippen molar-refractivity contribution in [3.8, 4) is 11.3 Å². The molecule has 152 valence electrons. The Morgan fingerprint density at radius 2 is 1.79 bits per heavy atom. The molecule has 1 saturated carbocycles. The number of benzene rings is 1. The maximum Gasteiger partial charge on any atom is 0.155 e. The fraction of sp³-hybridized carbons (Fsp3) is 0.500. The summed E-state index contributed by atoms with van der Waals surface area (Å²) < 4.78 is 2.35. The van der Waals surface area contributed by atoms with Gasteiger partial charge in [0.25, 0.3) is 0 Å². The topological polar surface area (TPSA) is 36.7 Å². The Hall–Kier alpha value is -2.40. The molecule has 2 aromatic heterocycles. The van der Waals surface area contributed by atoms with Crippen LogP contribution >= 0.6 is 0 Å². The molecule has 3 aromatic rings. The van der Waals surface area contributed by atoms with Gasteiger partial charge in [-0.3, -0.25) is 4.40 Å². The highest BCUT2D eigenvalue weighted by atomic mass is 15.3. The molecule has 0 bridgehead atoms. The van der Waals surface area contributed by atoms with Gasteiger partial charge < -0.3 is 9.80 Å². The summed E-state index contributed by atoms with van der Waals surface area (Å²) in [6, 6.07) is 11.3. The van der Waals surface area contributed by atoms with Crippen LogP contribution in [0.1, 0.15) is 50.1 Å². The summed E-state index contributed by atoms with van der Waals surface area (Å²) in [4.78, 5) is 14.7. The summed E-state index contributed by atoms with van der Waals surface area (Å²) in [5, 5.41) is 0. The average Bonchev–Trinajstić information content (AvgIpc) is 3.44. The molecule has 29 heavy (non-hydrogen) atoms. The largest absolute Gasteiger partial charge is 0.353 e. The van der Waals surface area contributed by atoms with Crippen LogP contribution in [-0.4, -0.2) is 52.5 Å². The number of rotatable bonds is 4. The van der Waals surface area contributed by atoms with Crippen molar-refractivity contribution in [1.82, 2.24) is 19.3 Å². The van der Waals surface area contributed by atoms with E-state index in [4.69, 9.17) is 4.98 Å². The fourth-order valence-electron chi connectivity index (χ4n) is 5.15. The molecule has 5 heteroatoms. The van der Waals surface area contributed by atoms with Crippen LogP contribution in [-0.2, 0) is 0 Å². The van der Waals surface area contributed by atoms with Gasteiger partial charge in [0.1, 0.15) is 5.52 Å². The number of aromatic nitrogens is 3. The minimum atomic E-state index is 0.560. The molecule has 0 spiro atoms. The Bertz CT molecular complexity index is 972. The molecule has 0 amide bonds. The van der Waals surface area contributed by atoms with E-state index >= 15 is 0 Å². The van der Waals surface area contributed by atoms with Crippen LogP contribution in [0.4, 0.5) is 5.82 Å². The summed E-state index contributed by atoms with van der Waals surface area (Å²) >= 11 is 0. The highest BCUT2D eigenvalue weighted by Gasteiger charge is 2.30. The van der Waals surface area contributed by atoms with Crippen molar-refractivity contribution in [2.45, 2.75) is 50.5 Å². The SMILES string of the molecule is CN(C)[C@H]1CCN(c2nc(-c3ccccc3)c(C3CCCCC3)n3cncc23)C1. The molecule has 1 aliphatic heterocycles. The summed E-state index contributed by atoms with van der Waals surface area (Å²) in [6.07, 6.45) is 11.7. The van der Waals surface area contributed by atoms with Gasteiger partial charge in [-0.2, -0.15) is 0 Å². The maximum atomic E-state index is 5.34. The number of likely N-dealkylation sites (N-methyl/N-ethyl adjacent to an activating group) is 1. The second kappa shape index (κ2) is 7.79. The van der Waals surface area contributed by atoms with Crippen LogP contribution in [0.2, 0.25) is 0 Å². The zero-order chi connectivity index (χ0) is 19.8. The van der Waals surface area contributed by atoms with Crippen LogP contribution in [0.25, 0.3) is 16.8 Å². The molecular weight excluding hydrogens is 358 g/mol. The van der Waals surface area contributed by atoms with E-state index in [-0.39, 0.29) is 0 Å². The molecule has 1 aromatic carbocycles. The molecule has 5 rings (SSSR count). The van der Waals surface area contributed by atoms with Crippen LogP contribution < -0.4 is 4.90 Å². The maximum absolute atomic E-state index is 5.34. The molecule has 0 unspecified atom stereocenters. The number of imidazole rings is 1. The second-order valence-corrected chi connectivity index (χ2v) is 8.87. The van der Waals surface area contributed by atoms with Crippen molar-refractivity contribution in [1.29, 1.82) is 0 Å². The zero-order valence-electron chi connectivity index (χ0n) is 17.6. The Morgan fingerprint density at radius 3 is 2.52 bits per heavy atom. The summed E-state index contributed by atoms with van der Waals surface area (Å²) in [6.45, 7) is 2.07. The summed E-state index contributed by atoms with van der Waals surface area (Å²) in [5.74, 6) is 1.65. The van der Waals surface area contributed by atoms with Crippen LogP contribution in [0.15, 0.2) is 42.9 Å². The van der Waals surface area contributed by atoms with Crippen molar-refractivity contribution < 1.29 is 0 Å². The lowest BCUT2D eigenvalue weighted by atomic mass is 9.85. The number of anilines is 1. The van der Waals surface area contributed by atoms with Crippen molar-refractivity contribution in [2.75, 3.05) is 32.1 Å². The first-order chi connectivity index (χ1) is 14.2. The van der Waals surface area contributed by atoms with E-state index in [1.54, 1.807) is 0 Å². The summed E-state index contributed by atoms with van der Waals surface area (Å²) in [5.41, 5.74) is 4.87. The number of fused-ring (bicyclic) bond motifs is 1. The first kappa shape index (κ1) is 18.6. The third-order valence-electron chi connectivity index (χ3n) is 6.82. The molecule has 2 fully saturated rings. The van der Waals surface area contributed by atoms with Gasteiger partial charge in [0.2, 0.25) is 0 Å². The minimum absolute atomic E-state index is 0.560. The first-order valence-electron chi connectivity index (χ1n) is 11.0. The normalized spacial score (nSPS) is 20.8. The minimum Gasteiger partial charge on any atom is -0.353 e. The molecule has 0 radical (unpaired) electrons. The van der Waals surface area contributed by atoms with Gasteiger partial charge in [-0.25, -0.2) is 9.97 Å². The molecule has 5 nitrogen and oxygen atoms in total. The first-order valence-corrected chi connectivity index (χ1v) is 11.0. The average molecular weight is 390 g/mol. The Labute approximate surface area is 173 Å². The zero-order valence-corrected chi connectivity index (χ0v) is 17.6. The molecule has 1 aliphatic carbocycles. The second-order valence-electron chi connectivity index (χ2n) is 8.87. The lowest BCUT2D eigenvalue weighted by molar-refractivity contribution is 0.315. The lowest BCUT2D eigenvalue weighted by Gasteiger charge is -2.28. The van der Waals surface area contributed by atoms with Crippen molar-refractivity contribution in [2.24, 2.45) is 0 Å². The fourth-order valence-corrected chi connectivity index (χ4v) is 5.15. The quantitative estimate of drug-likeness (QED) is 0.654. The van der Waals surface area contributed by atoms with E-state index in [0.717, 1.165) is 30.1 Å². The van der Waals surface area contributed by atoms with Gasteiger partial charge in [-0.15, -0.1) is 0 Å². The predicted molar refractivity (Wildman–Crippen MR) is 119 cm³/mol. The van der Waals surface area contributed by atoms with E-state index in [0.29, 0.717) is 12.0 Å².